The molecule has 0 bridgehead atoms. The predicted octanol–water partition coefficient (Wildman–Crippen LogP) is 11.7. The summed E-state index contributed by atoms with van der Waals surface area (Å²) in [6.45, 7) is 11.8. The van der Waals surface area contributed by atoms with Crippen LogP contribution in [0.5, 0.6) is 17.2 Å². The zero-order valence-corrected chi connectivity index (χ0v) is 46.9. The fraction of sp³-hybridized carbons (Fsp3) is 0.484. The van der Waals surface area contributed by atoms with E-state index in [2.05, 4.69) is 97.1 Å². The summed E-state index contributed by atoms with van der Waals surface area (Å²) < 4.78 is 41.8. The Morgan fingerprint density at radius 3 is 2.34 bits per heavy atom. The number of nitrogens with zero attached hydrogens (tertiary/aromatic N) is 5. The molecule has 2 aliphatic heterocycles. The topological polar surface area (TPSA) is 195 Å². The average molecular weight is 1090 g/mol. The molecule has 6 aromatic rings. The summed E-state index contributed by atoms with van der Waals surface area (Å²) in [5.41, 5.74) is 5.14. The summed E-state index contributed by atoms with van der Waals surface area (Å²) in [4.78, 5) is 41.0. The number of piperazine rings is 1. The maximum Gasteiger partial charge on any atom is 0.293 e. The number of aromatic amines is 1. The number of aromatic nitrogens is 2. The minimum atomic E-state index is -4.59. The highest BCUT2D eigenvalue weighted by atomic mass is 32.2. The third-order valence-electron chi connectivity index (χ3n) is 18.5. The maximum absolute atomic E-state index is 14.2. The summed E-state index contributed by atoms with van der Waals surface area (Å²) in [7, 11) is -2.86. The van der Waals surface area contributed by atoms with Crippen LogP contribution in [0.2, 0.25) is 0 Å². The van der Waals surface area contributed by atoms with Crippen molar-refractivity contribution in [2.75, 3.05) is 56.6 Å². The molecule has 16 nitrogen and oxygen atoms in total. The number of ether oxygens (including phenoxy) is 2. The van der Waals surface area contributed by atoms with Crippen molar-refractivity contribution in [3.05, 3.63) is 142 Å². The first kappa shape index (κ1) is 54.4. The number of aliphatic hydroxyl groups is 1. The molecule has 17 heteroatoms. The van der Waals surface area contributed by atoms with Crippen LogP contribution in [0.15, 0.2) is 114 Å². The number of hydrogen-bond acceptors (Lipinski definition) is 13. The number of fused-ring (bicyclic) bond motifs is 1. The molecule has 1 unspecified atom stereocenters. The van der Waals surface area contributed by atoms with Crippen LogP contribution >= 0.6 is 0 Å². The second-order valence-electron chi connectivity index (χ2n) is 23.9. The lowest BCUT2D eigenvalue weighted by Crippen LogP contribution is -2.61. The van der Waals surface area contributed by atoms with E-state index in [4.69, 9.17) is 9.47 Å². The molecule has 5 fully saturated rings. The number of benzene rings is 4. The van der Waals surface area contributed by atoms with Gasteiger partial charge in [0.1, 0.15) is 28.6 Å². The summed E-state index contributed by atoms with van der Waals surface area (Å²) in [5.74, 6) is 1.72. The van der Waals surface area contributed by atoms with Gasteiger partial charge in [-0.1, -0.05) is 50.2 Å². The first-order chi connectivity index (χ1) is 38.0. The van der Waals surface area contributed by atoms with Gasteiger partial charge in [-0.3, -0.25) is 24.7 Å². The van der Waals surface area contributed by atoms with Crippen LogP contribution in [0.3, 0.4) is 0 Å². The van der Waals surface area contributed by atoms with Crippen molar-refractivity contribution in [3.8, 4) is 17.2 Å². The van der Waals surface area contributed by atoms with E-state index in [-0.39, 0.29) is 28.3 Å². The van der Waals surface area contributed by atoms with Crippen LogP contribution < -0.4 is 24.4 Å². The third-order valence-corrected chi connectivity index (χ3v) is 19.8. The number of piperidine rings is 1. The summed E-state index contributed by atoms with van der Waals surface area (Å²) in [6, 6.07) is 31.8. The SMILES string of the molecule is COc1ccc(C2CCC(N3CCN(C4CC5(CCN(c6ccc(C(=O)NS(=O)(=O)c7ccc(NC[C@H]8CC[C@](C)(O)CC8)c([N+](=O)[O-])c7)c(Oc7cnc8[nH]ccc8c7)c6)CC5)C4)C(c4ccccc4C(C)C)C3)CC2)cc1. The standard InChI is InChI=1S/C62H76N8O8S/c1-41(2)52-7-5-6-8-53(52)57-40-68(46-13-9-43(10-14-46)44-11-16-49(77-4)17-12-44)31-32-69(57)48-36-62(37-48)26-29-67(30-27-62)47-15-19-54(58(34-47)78-50-33-45-23-28-63-59(45)65-39-50)60(71)66-79(75,76)51-18-20-55(56(35-51)70(73)74)64-38-42-21-24-61(3,72)25-22-42/h5-8,11-12,15-20,23,28,33-35,39,41-43,46,48,57,64,72H,9-10,13-14,21-22,24-27,29-32,36-38,40H2,1-4H3,(H,63,65)(H,66,71)/t42-,43?,46?,57?,61-. The van der Waals surface area contributed by atoms with Gasteiger partial charge in [0.05, 0.1) is 34.3 Å². The van der Waals surface area contributed by atoms with Gasteiger partial charge < -0.3 is 29.8 Å². The molecule has 1 spiro atoms. The van der Waals surface area contributed by atoms with Crippen molar-refractivity contribution in [2.45, 2.75) is 138 Å². The molecule has 0 radical (unpaired) electrons. The lowest BCUT2D eigenvalue weighted by molar-refractivity contribution is -0.384. The molecule has 1 atom stereocenters. The number of rotatable bonds is 16. The van der Waals surface area contributed by atoms with Gasteiger partial charge in [0.2, 0.25) is 0 Å². The quantitative estimate of drug-likeness (QED) is 0.0528. The van der Waals surface area contributed by atoms with Crippen molar-refractivity contribution >= 4 is 44.0 Å². The Morgan fingerprint density at radius 2 is 1.62 bits per heavy atom. The highest BCUT2D eigenvalue weighted by Gasteiger charge is 2.50. The normalized spacial score (nSPS) is 24.1. The van der Waals surface area contributed by atoms with E-state index in [9.17, 15) is 28.4 Å². The number of nitro benzene ring substituents is 1. The number of hydrogen-bond donors (Lipinski definition) is 4. The van der Waals surface area contributed by atoms with Crippen LogP contribution in [0.4, 0.5) is 17.1 Å². The molecular formula is C62H76N8O8S. The van der Waals surface area contributed by atoms with Crippen molar-refractivity contribution in [1.29, 1.82) is 0 Å². The molecule has 4 heterocycles. The number of anilines is 2. The number of carbonyl (C=O) groups excluding carboxylic acids is 1. The zero-order chi connectivity index (χ0) is 55.1. The monoisotopic (exact) mass is 1090 g/mol. The third kappa shape index (κ3) is 11.9. The Kier molecular flexibility index (Phi) is 15.5. The molecule has 11 rings (SSSR count). The summed E-state index contributed by atoms with van der Waals surface area (Å²) in [6.07, 6.45) is 15.4. The highest BCUT2D eigenvalue weighted by Crippen LogP contribution is 2.54. The van der Waals surface area contributed by atoms with Gasteiger partial charge in [0, 0.05) is 86.8 Å². The molecule has 79 heavy (non-hydrogen) atoms. The second kappa shape index (κ2) is 22.5. The number of methoxy groups -OCH3 is 1. The van der Waals surface area contributed by atoms with Crippen LogP contribution in [-0.4, -0.2) is 108 Å². The van der Waals surface area contributed by atoms with Crippen molar-refractivity contribution < 1.29 is 32.7 Å². The predicted molar refractivity (Wildman–Crippen MR) is 308 cm³/mol. The van der Waals surface area contributed by atoms with Crippen molar-refractivity contribution in [3.63, 3.8) is 0 Å². The minimum absolute atomic E-state index is 0.0222. The van der Waals surface area contributed by atoms with E-state index >= 15 is 0 Å². The summed E-state index contributed by atoms with van der Waals surface area (Å²) >= 11 is 0. The van der Waals surface area contributed by atoms with Crippen LogP contribution in [-0.2, 0) is 10.0 Å². The van der Waals surface area contributed by atoms with Gasteiger partial charge >= 0.3 is 0 Å². The summed E-state index contributed by atoms with van der Waals surface area (Å²) in [5, 5.41) is 26.6. The Balaban J connectivity index is 0.763. The lowest BCUT2D eigenvalue weighted by atomic mass is 9.59. The van der Waals surface area contributed by atoms with E-state index < -0.39 is 37.0 Å². The molecular weight excluding hydrogens is 1020 g/mol. The fourth-order valence-electron chi connectivity index (χ4n) is 13.7. The maximum atomic E-state index is 14.2. The number of sulfonamides is 1. The molecule has 2 saturated heterocycles. The largest absolute Gasteiger partial charge is 0.497 e. The second-order valence-corrected chi connectivity index (χ2v) is 25.6. The molecule has 1 amide bonds. The average Bonchev–Trinajstić information content (AvgIpc) is 4.05. The number of carbonyl (C=O) groups is 1. The number of amides is 1. The van der Waals surface area contributed by atoms with E-state index in [1.807, 2.05) is 19.1 Å². The highest BCUT2D eigenvalue weighted by molar-refractivity contribution is 7.90. The Bertz CT molecular complexity index is 3260. The van der Waals surface area contributed by atoms with Gasteiger partial charge in [0.25, 0.3) is 21.6 Å². The molecule has 5 aliphatic rings. The number of H-pyrrole nitrogens is 1. The van der Waals surface area contributed by atoms with E-state index in [1.165, 1.54) is 67.3 Å². The Morgan fingerprint density at radius 1 is 0.873 bits per heavy atom. The van der Waals surface area contributed by atoms with Crippen LogP contribution in [0.1, 0.15) is 143 Å². The molecule has 3 saturated carbocycles. The van der Waals surface area contributed by atoms with Gasteiger partial charge in [-0.2, -0.15) is 0 Å². The Hall–Kier alpha value is -6.53. The van der Waals surface area contributed by atoms with E-state index in [0.717, 1.165) is 81.3 Å². The van der Waals surface area contributed by atoms with Gasteiger partial charge in [0.15, 0.2) is 0 Å². The number of nitro groups is 1. The fourth-order valence-corrected chi connectivity index (χ4v) is 14.7. The number of nitrogens with one attached hydrogen (secondary N) is 3. The first-order valence-corrected chi connectivity index (χ1v) is 30.1. The van der Waals surface area contributed by atoms with E-state index in [1.54, 1.807) is 37.7 Å². The molecule has 3 aliphatic carbocycles. The lowest BCUT2D eigenvalue weighted by Gasteiger charge is -2.59. The van der Waals surface area contributed by atoms with Crippen molar-refractivity contribution in [2.24, 2.45) is 11.3 Å². The molecule has 418 valence electrons. The van der Waals surface area contributed by atoms with Gasteiger partial charge in [-0.05, 0) is 172 Å². The molecule has 4 N–H and O–H groups in total. The van der Waals surface area contributed by atoms with Crippen molar-refractivity contribution in [1.82, 2.24) is 24.5 Å². The van der Waals surface area contributed by atoms with Crippen LogP contribution in [0.25, 0.3) is 11.0 Å². The first-order valence-electron chi connectivity index (χ1n) is 28.6. The van der Waals surface area contributed by atoms with E-state index in [0.29, 0.717) is 60.7 Å². The van der Waals surface area contributed by atoms with Gasteiger partial charge in [-0.15, -0.1) is 0 Å². The zero-order valence-electron chi connectivity index (χ0n) is 46.0. The van der Waals surface area contributed by atoms with Gasteiger partial charge in [-0.25, -0.2) is 18.1 Å². The number of pyridine rings is 1. The Labute approximate surface area is 464 Å². The van der Waals surface area contributed by atoms with Crippen LogP contribution in [0, 0.1) is 21.4 Å². The minimum Gasteiger partial charge on any atom is -0.497 e. The molecule has 2 aromatic heterocycles. The molecule has 4 aromatic carbocycles. The smallest absolute Gasteiger partial charge is 0.293 e.